The average molecular weight is 386 g/mol. The molecule has 0 heterocycles. The predicted octanol–water partition coefficient (Wildman–Crippen LogP) is 3.30. The summed E-state index contributed by atoms with van der Waals surface area (Å²) < 4.78 is 4.90. The van der Waals surface area contributed by atoms with E-state index in [1.54, 1.807) is 0 Å². The van der Waals surface area contributed by atoms with Gasteiger partial charge in [-0.15, -0.1) is 0 Å². The van der Waals surface area contributed by atoms with Crippen molar-refractivity contribution in [1.29, 1.82) is 0 Å². The van der Waals surface area contributed by atoms with Crippen molar-refractivity contribution in [2.45, 2.75) is 71.3 Å². The Morgan fingerprint density at radius 3 is 2.68 bits per heavy atom. The Morgan fingerprint density at radius 2 is 1.96 bits per heavy atom. The number of ketones is 2. The number of ether oxygens (including phenoxy) is 1. The van der Waals surface area contributed by atoms with Gasteiger partial charge in [0.15, 0.2) is 12.4 Å². The van der Waals surface area contributed by atoms with Crippen molar-refractivity contribution < 1.29 is 24.2 Å². The van der Waals surface area contributed by atoms with Crippen LogP contribution in [0.15, 0.2) is 23.3 Å². The van der Waals surface area contributed by atoms with Crippen molar-refractivity contribution >= 4 is 17.5 Å². The molecule has 0 unspecified atom stereocenters. The largest absolute Gasteiger partial charge is 0.458 e. The van der Waals surface area contributed by atoms with Gasteiger partial charge in [0, 0.05) is 25.2 Å². The lowest BCUT2D eigenvalue weighted by molar-refractivity contribution is -0.161. The summed E-state index contributed by atoms with van der Waals surface area (Å²) in [7, 11) is 0. The van der Waals surface area contributed by atoms with Crippen LogP contribution < -0.4 is 0 Å². The fraction of sp³-hybridized carbons (Fsp3) is 0.696. The molecule has 0 radical (unpaired) electrons. The first-order chi connectivity index (χ1) is 13.1. The van der Waals surface area contributed by atoms with Gasteiger partial charge in [-0.25, -0.2) is 0 Å². The van der Waals surface area contributed by atoms with Crippen LogP contribution in [-0.4, -0.2) is 34.9 Å². The van der Waals surface area contributed by atoms with Gasteiger partial charge in [-0.1, -0.05) is 31.1 Å². The standard InChI is InChI=1S/C23H30O5/c1-14(24)28-13-20(26)23(27)11-8-19-17-5-4-15-12-16(25)6-9-21(15,2)18(17)7-10-22(19,23)3/h8,12,17-18,27H,4-7,9-11,13H2,1-3H3/t17-,18+,21+,22+,23+/m1/s1. The predicted molar refractivity (Wildman–Crippen MR) is 103 cm³/mol. The fourth-order valence-corrected chi connectivity index (χ4v) is 6.62. The van der Waals surface area contributed by atoms with Crippen molar-refractivity contribution in [2.24, 2.45) is 22.7 Å². The molecule has 2 saturated carbocycles. The van der Waals surface area contributed by atoms with Crippen molar-refractivity contribution in [1.82, 2.24) is 0 Å². The zero-order valence-corrected chi connectivity index (χ0v) is 17.0. The van der Waals surface area contributed by atoms with E-state index in [0.717, 1.165) is 32.1 Å². The molecule has 4 aliphatic carbocycles. The molecule has 5 atom stereocenters. The van der Waals surface area contributed by atoms with Crippen molar-refractivity contribution in [2.75, 3.05) is 6.61 Å². The molecule has 4 aliphatic rings. The molecule has 0 aliphatic heterocycles. The first-order valence-electron chi connectivity index (χ1n) is 10.5. The van der Waals surface area contributed by atoms with Crippen LogP contribution in [0.5, 0.6) is 0 Å². The summed E-state index contributed by atoms with van der Waals surface area (Å²) in [6, 6.07) is 0. The highest BCUT2D eigenvalue weighted by Crippen LogP contribution is 2.65. The first-order valence-corrected chi connectivity index (χ1v) is 10.5. The minimum Gasteiger partial charge on any atom is -0.458 e. The summed E-state index contributed by atoms with van der Waals surface area (Å²) >= 11 is 0. The molecule has 28 heavy (non-hydrogen) atoms. The molecule has 5 nitrogen and oxygen atoms in total. The summed E-state index contributed by atoms with van der Waals surface area (Å²) in [5, 5.41) is 11.4. The number of allylic oxidation sites excluding steroid dienone is 2. The van der Waals surface area contributed by atoms with Crippen molar-refractivity contribution in [3.8, 4) is 0 Å². The van der Waals surface area contributed by atoms with Crippen LogP contribution in [0.3, 0.4) is 0 Å². The highest BCUT2D eigenvalue weighted by atomic mass is 16.5. The molecular weight excluding hydrogens is 356 g/mol. The molecule has 0 aromatic rings. The van der Waals surface area contributed by atoms with E-state index in [4.69, 9.17) is 4.74 Å². The summed E-state index contributed by atoms with van der Waals surface area (Å²) in [5.41, 5.74) is 0.449. The van der Waals surface area contributed by atoms with Crippen LogP contribution in [0.4, 0.5) is 0 Å². The Balaban J connectivity index is 1.62. The number of carbonyl (C=O) groups excluding carboxylic acids is 3. The number of Topliss-reactive ketones (excluding diaryl/α,β-unsaturated/α-hetero) is 1. The molecule has 0 amide bonds. The lowest BCUT2D eigenvalue weighted by Gasteiger charge is -2.57. The molecule has 0 aromatic heterocycles. The van der Waals surface area contributed by atoms with Crippen molar-refractivity contribution in [3.63, 3.8) is 0 Å². The smallest absolute Gasteiger partial charge is 0.303 e. The molecule has 0 spiro atoms. The molecule has 0 bridgehead atoms. The Labute approximate surface area is 166 Å². The lowest BCUT2D eigenvalue weighted by Crippen LogP contribution is -2.56. The number of rotatable bonds is 3. The summed E-state index contributed by atoms with van der Waals surface area (Å²) in [6.45, 7) is 5.21. The molecule has 152 valence electrons. The second-order valence-corrected chi connectivity index (χ2v) is 9.60. The van der Waals surface area contributed by atoms with E-state index in [0.29, 0.717) is 24.7 Å². The highest BCUT2D eigenvalue weighted by Gasteiger charge is 2.63. The van der Waals surface area contributed by atoms with Crippen LogP contribution in [0.1, 0.15) is 65.7 Å². The molecule has 1 N–H and O–H groups in total. The van der Waals surface area contributed by atoms with Gasteiger partial charge in [-0.2, -0.15) is 0 Å². The second-order valence-electron chi connectivity index (χ2n) is 9.60. The van der Waals surface area contributed by atoms with Crippen LogP contribution >= 0.6 is 0 Å². The topological polar surface area (TPSA) is 80.7 Å². The monoisotopic (exact) mass is 386 g/mol. The van der Waals surface area contributed by atoms with Gasteiger partial charge >= 0.3 is 5.97 Å². The Morgan fingerprint density at radius 1 is 1.21 bits per heavy atom. The Hall–Kier alpha value is -1.75. The summed E-state index contributed by atoms with van der Waals surface area (Å²) in [5.74, 6) is 0.122. The minimum atomic E-state index is -1.50. The Bertz CT molecular complexity index is 808. The SMILES string of the molecule is CC(=O)OCC(=O)[C@@]1(O)CC=C2[C@@H]3CCC4=CC(=O)CC[C@]4(C)[C@H]3CC[C@@]21C. The van der Waals surface area contributed by atoms with E-state index in [-0.39, 0.29) is 17.8 Å². The van der Waals surface area contributed by atoms with Gasteiger partial charge in [0.25, 0.3) is 0 Å². The van der Waals surface area contributed by atoms with Gasteiger partial charge in [0.2, 0.25) is 5.78 Å². The number of carbonyl (C=O) groups is 3. The van der Waals surface area contributed by atoms with Gasteiger partial charge in [0.05, 0.1) is 0 Å². The van der Waals surface area contributed by atoms with Gasteiger partial charge in [0.1, 0.15) is 5.60 Å². The molecule has 4 rings (SSSR count). The van der Waals surface area contributed by atoms with Gasteiger partial charge in [-0.05, 0) is 55.4 Å². The van der Waals surface area contributed by atoms with E-state index in [1.807, 2.05) is 13.0 Å². The zero-order chi connectivity index (χ0) is 20.3. The van der Waals surface area contributed by atoms with E-state index < -0.39 is 22.8 Å². The molecular formula is C23H30O5. The fourth-order valence-electron chi connectivity index (χ4n) is 6.62. The van der Waals surface area contributed by atoms with Gasteiger partial charge in [-0.3, -0.25) is 14.4 Å². The Kier molecular flexibility index (Phi) is 4.46. The lowest BCUT2D eigenvalue weighted by atomic mass is 9.47. The van der Waals surface area contributed by atoms with E-state index in [9.17, 15) is 19.5 Å². The van der Waals surface area contributed by atoms with Crippen LogP contribution in [-0.2, 0) is 19.1 Å². The minimum absolute atomic E-state index is 0.0431. The molecule has 0 aromatic carbocycles. The molecule has 2 fully saturated rings. The van der Waals surface area contributed by atoms with Crippen molar-refractivity contribution in [3.05, 3.63) is 23.3 Å². The maximum Gasteiger partial charge on any atom is 0.303 e. The maximum absolute atomic E-state index is 12.8. The summed E-state index contributed by atoms with van der Waals surface area (Å²) in [4.78, 5) is 35.9. The third-order valence-corrected chi connectivity index (χ3v) is 8.38. The number of esters is 1. The number of aliphatic hydroxyl groups is 1. The van der Waals surface area contributed by atoms with Crippen LogP contribution in [0.25, 0.3) is 0 Å². The highest BCUT2D eigenvalue weighted by molar-refractivity contribution is 5.92. The number of hydrogen-bond acceptors (Lipinski definition) is 5. The zero-order valence-electron chi connectivity index (χ0n) is 17.0. The quantitative estimate of drug-likeness (QED) is 0.595. The van der Waals surface area contributed by atoms with E-state index in [2.05, 4.69) is 13.0 Å². The third-order valence-electron chi connectivity index (χ3n) is 8.38. The third kappa shape index (κ3) is 2.58. The van der Waals surface area contributed by atoms with Crippen LogP contribution in [0.2, 0.25) is 0 Å². The molecule has 0 saturated heterocycles. The maximum atomic E-state index is 12.8. The second kappa shape index (κ2) is 6.38. The van der Waals surface area contributed by atoms with Crippen LogP contribution in [0, 0.1) is 22.7 Å². The summed E-state index contributed by atoms with van der Waals surface area (Å²) in [6.07, 6.45) is 9.32. The van der Waals surface area contributed by atoms with E-state index in [1.165, 1.54) is 18.1 Å². The first kappa shape index (κ1) is 19.6. The molecule has 5 heteroatoms. The number of hydrogen-bond donors (Lipinski definition) is 1. The average Bonchev–Trinajstić information content (AvgIpc) is 2.92. The van der Waals surface area contributed by atoms with Gasteiger partial charge < -0.3 is 9.84 Å². The normalized spacial score (nSPS) is 41.9. The van der Waals surface area contributed by atoms with E-state index >= 15 is 0 Å². The number of fused-ring (bicyclic) bond motifs is 5.